The van der Waals surface area contributed by atoms with Crippen LogP contribution in [0.5, 0.6) is 0 Å². The highest BCUT2D eigenvalue weighted by atomic mass is 32.2. The van der Waals surface area contributed by atoms with Crippen molar-refractivity contribution >= 4 is 74.7 Å². The number of fused-ring (bicyclic) bond motifs is 6. The summed E-state index contributed by atoms with van der Waals surface area (Å²) in [7, 11) is 2.26. The molecule has 22 heteroatoms. The van der Waals surface area contributed by atoms with E-state index in [1.807, 2.05) is 33.1 Å². The highest BCUT2D eigenvalue weighted by Gasteiger charge is 2.65. The second-order valence-electron chi connectivity index (χ2n) is 21.1. The number of esters is 3. The van der Waals surface area contributed by atoms with E-state index in [9.17, 15) is 29.1 Å². The zero-order valence-electron chi connectivity index (χ0n) is 46.6. The average Bonchev–Trinajstić information content (AvgIpc) is 4.18. The molecule has 15 atom stereocenters. The standard InChI is InChI=1S/C55H78F3N5O11S3/c1-15-22-31(7)42(74-51(69)54(71-14,55(56,57)58)35-23-20-19-21-24-35)34(10)44-32(8)38(70-13)25-39-59-37(26-75-39)46-62-53(12,28-76-46)50-63-52(11,27-77-50)49(68)61-40(29(5)16-2)41(64)33(9)47(66)72-43(30(6)17-3)45(65)60-36(18-4)48(67)73-44/h18-21,23-24,26,29-34,38,40-44,64H,15-17,22,25,27-28H2,1-14H3,(H,60,65)(H,61,68)/b36-18-/t29-,30-,31+,32-,33+,34-,38-,40-,41-,42-,43-,44-,52+,53+,54-/m0/s1. The van der Waals surface area contributed by atoms with Gasteiger partial charge in [-0.3, -0.25) is 24.4 Å². The number of carbonyl (C=O) groups excluding carboxylic acids is 5. The van der Waals surface area contributed by atoms with Gasteiger partial charge in [-0.1, -0.05) is 105 Å². The van der Waals surface area contributed by atoms with E-state index < -0.39 is 124 Å². The molecule has 2 amide bonds. The van der Waals surface area contributed by atoms with Crippen LogP contribution in [0.1, 0.15) is 125 Å². The molecule has 0 radical (unpaired) electrons. The first kappa shape index (κ1) is 63.5. The van der Waals surface area contributed by atoms with Crippen LogP contribution in [0.25, 0.3) is 0 Å². The van der Waals surface area contributed by atoms with E-state index in [4.69, 9.17) is 38.7 Å². The number of halogens is 3. The first-order valence-electron chi connectivity index (χ1n) is 26.4. The van der Waals surface area contributed by atoms with Crippen molar-refractivity contribution in [3.63, 3.8) is 0 Å². The number of hydrogen-bond donors (Lipinski definition) is 3. The Labute approximate surface area is 463 Å². The van der Waals surface area contributed by atoms with Gasteiger partial charge < -0.3 is 39.4 Å². The number of alkyl halides is 3. The van der Waals surface area contributed by atoms with Gasteiger partial charge in [0.2, 0.25) is 5.91 Å². The number of benzene rings is 1. The molecule has 6 bridgehead atoms. The Morgan fingerprint density at radius 3 is 2.18 bits per heavy atom. The lowest BCUT2D eigenvalue weighted by molar-refractivity contribution is -0.280. The maximum absolute atomic E-state index is 15.3. The lowest BCUT2D eigenvalue weighted by Gasteiger charge is -2.40. The van der Waals surface area contributed by atoms with Crippen LogP contribution in [0.4, 0.5) is 13.2 Å². The van der Waals surface area contributed by atoms with Gasteiger partial charge in [0.05, 0.1) is 34.2 Å². The maximum Gasteiger partial charge on any atom is 0.432 e. The molecule has 0 saturated heterocycles. The van der Waals surface area contributed by atoms with E-state index in [-0.39, 0.29) is 18.0 Å². The number of amides is 2. The Morgan fingerprint density at radius 2 is 1.60 bits per heavy atom. The Bertz CT molecular complexity index is 2500. The first-order chi connectivity index (χ1) is 36.2. The lowest BCUT2D eigenvalue weighted by Crippen LogP contribution is -2.56. The summed E-state index contributed by atoms with van der Waals surface area (Å²) in [6.07, 6.45) is -8.27. The van der Waals surface area contributed by atoms with Crippen LogP contribution in [0, 0.1) is 35.5 Å². The summed E-state index contributed by atoms with van der Waals surface area (Å²) in [5.41, 5.74) is -5.79. The Hall–Kier alpha value is -4.35. The third-order valence-corrected chi connectivity index (χ3v) is 19.1. The van der Waals surface area contributed by atoms with E-state index in [1.54, 1.807) is 41.5 Å². The van der Waals surface area contributed by atoms with Crippen molar-refractivity contribution in [3.05, 3.63) is 63.7 Å². The van der Waals surface area contributed by atoms with Crippen LogP contribution in [-0.4, -0.2) is 129 Å². The van der Waals surface area contributed by atoms with Gasteiger partial charge in [-0.2, -0.15) is 13.2 Å². The SMILES string of the molecule is C/C=C1\NC(=O)[C@H]([C@@H](C)CC)OC(=O)[C@H](C)[C@H](O)[C@H]([C@@H](C)CC)NC(=O)[C@@]2(C)CSC(=N2)[C@@]2(C)CSC(=N2)c2csc(n2)C[C@H](OC)[C@H](C)[C@@H]([C@@H](C)[C@@H](OC(=O)[C@@](OC)(c2ccccc2)C(F)(F)F)[C@H](C)CCC)OC1=O. The quantitative estimate of drug-likeness (QED) is 0.0915. The van der Waals surface area contributed by atoms with Crippen LogP contribution in [0.3, 0.4) is 0 Å². The number of aliphatic hydroxyl groups excluding tert-OH is 1. The summed E-state index contributed by atoms with van der Waals surface area (Å²) in [4.78, 5) is 86.8. The fraction of sp³-hybridized carbons (Fsp3) is 0.673. The molecular formula is C55H78F3N5O11S3. The largest absolute Gasteiger partial charge is 0.459 e. The van der Waals surface area contributed by atoms with Crippen molar-refractivity contribution < 1.29 is 65.9 Å². The molecule has 0 aliphatic carbocycles. The van der Waals surface area contributed by atoms with Crippen molar-refractivity contribution in [2.45, 2.75) is 175 Å². The first-order valence-corrected chi connectivity index (χ1v) is 29.2. The molecule has 2 aromatic rings. The van der Waals surface area contributed by atoms with Gasteiger partial charge in [0.25, 0.3) is 11.5 Å². The van der Waals surface area contributed by atoms with Crippen LogP contribution >= 0.6 is 34.9 Å². The maximum atomic E-state index is 15.3. The van der Waals surface area contributed by atoms with Gasteiger partial charge in [-0.15, -0.1) is 34.9 Å². The third-order valence-electron chi connectivity index (χ3n) is 15.4. The van der Waals surface area contributed by atoms with Crippen LogP contribution in [0.15, 0.2) is 57.5 Å². The number of rotatable bonds is 14. The smallest absolute Gasteiger partial charge is 0.432 e. The van der Waals surface area contributed by atoms with Crippen molar-refractivity contribution in [1.29, 1.82) is 0 Å². The van der Waals surface area contributed by atoms with Crippen LogP contribution in [-0.2, 0) is 59.7 Å². The van der Waals surface area contributed by atoms with Gasteiger partial charge in [-0.25, -0.2) is 14.6 Å². The van der Waals surface area contributed by atoms with Gasteiger partial charge in [0.15, 0.2) is 6.10 Å². The third kappa shape index (κ3) is 14.0. The number of aliphatic hydroxyl groups is 1. The van der Waals surface area contributed by atoms with Gasteiger partial charge in [-0.05, 0) is 52.4 Å². The van der Waals surface area contributed by atoms with Crippen LogP contribution in [0.2, 0.25) is 0 Å². The van der Waals surface area contributed by atoms with Gasteiger partial charge in [0.1, 0.15) is 39.7 Å². The number of thioether (sulfide) groups is 2. The summed E-state index contributed by atoms with van der Waals surface area (Å²) in [6.45, 7) is 20.8. The number of nitrogens with one attached hydrogen (secondary N) is 2. The van der Waals surface area contributed by atoms with Crippen molar-refractivity contribution in [1.82, 2.24) is 15.6 Å². The lowest BCUT2D eigenvalue weighted by atomic mass is 9.80. The molecule has 77 heavy (non-hydrogen) atoms. The van der Waals surface area contributed by atoms with Crippen molar-refractivity contribution in [3.8, 4) is 0 Å². The molecule has 0 unspecified atom stereocenters. The minimum absolute atomic E-state index is 0.179. The van der Waals surface area contributed by atoms with E-state index in [0.717, 1.165) is 19.2 Å². The molecule has 0 fully saturated rings. The van der Waals surface area contributed by atoms with E-state index >= 15 is 13.2 Å². The van der Waals surface area contributed by atoms with Gasteiger partial charge >= 0.3 is 24.1 Å². The summed E-state index contributed by atoms with van der Waals surface area (Å²) in [6, 6.07) is 5.57. The number of ether oxygens (including phenoxy) is 5. The number of cyclic esters (lactones) is 2. The molecule has 5 rings (SSSR count). The monoisotopic (exact) mass is 1140 g/mol. The molecule has 1 aromatic heterocycles. The van der Waals surface area contributed by atoms with Crippen molar-refractivity contribution in [2.24, 2.45) is 45.5 Å². The average molecular weight is 1140 g/mol. The number of aromatic nitrogens is 1. The Morgan fingerprint density at radius 1 is 0.948 bits per heavy atom. The number of allylic oxidation sites excluding steroid dienone is 1. The molecule has 428 valence electrons. The number of thiazole rings is 1. The summed E-state index contributed by atoms with van der Waals surface area (Å²) >= 11 is 4.28. The normalized spacial score (nSPS) is 30.6. The second kappa shape index (κ2) is 26.7. The molecular weight excluding hydrogens is 1060 g/mol. The highest BCUT2D eigenvalue weighted by molar-refractivity contribution is 8.16. The van der Waals surface area contributed by atoms with Gasteiger partial charge in [0, 0.05) is 60.8 Å². The van der Waals surface area contributed by atoms with Crippen molar-refractivity contribution in [2.75, 3.05) is 25.7 Å². The molecule has 0 saturated carbocycles. The molecule has 1 aromatic carbocycles. The number of aliphatic imine (C=N–C) groups is 2. The zero-order valence-corrected chi connectivity index (χ0v) is 49.1. The van der Waals surface area contributed by atoms with Crippen LogP contribution < -0.4 is 10.6 Å². The minimum atomic E-state index is -5.28. The minimum Gasteiger partial charge on any atom is -0.459 e. The number of hydrogen-bond acceptors (Lipinski definition) is 17. The molecule has 3 N–H and O–H groups in total. The predicted octanol–water partition coefficient (Wildman–Crippen LogP) is 9.01. The number of carbonyl (C=O) groups is 5. The molecule has 0 spiro atoms. The highest BCUT2D eigenvalue weighted by Crippen LogP contribution is 2.45. The van der Waals surface area contributed by atoms with E-state index in [2.05, 4.69) is 10.6 Å². The Kier molecular flexibility index (Phi) is 22.0. The topological polar surface area (TPSA) is 213 Å². The second-order valence-corrected chi connectivity index (χ2v) is 24.0. The zero-order chi connectivity index (χ0) is 57.4. The fourth-order valence-electron chi connectivity index (χ4n) is 9.92. The number of nitrogens with zero attached hydrogens (tertiary/aromatic N) is 3. The summed E-state index contributed by atoms with van der Waals surface area (Å²) in [5, 5.41) is 21.3. The summed E-state index contributed by atoms with van der Waals surface area (Å²) < 4.78 is 75.6. The molecule has 4 heterocycles. The predicted molar refractivity (Wildman–Crippen MR) is 293 cm³/mol. The van der Waals surface area contributed by atoms with E-state index in [0.29, 0.717) is 58.0 Å². The number of methoxy groups -OCH3 is 2. The molecule has 3 aliphatic heterocycles. The fourth-order valence-corrected chi connectivity index (χ4v) is 13.4. The molecule has 16 nitrogen and oxygen atoms in total. The Balaban J connectivity index is 1.63. The summed E-state index contributed by atoms with van der Waals surface area (Å²) in [5.74, 6) is -8.75. The molecule has 3 aliphatic rings. The van der Waals surface area contributed by atoms with E-state index in [1.165, 1.54) is 80.1 Å².